The average molecular weight is 465 g/mol. The van der Waals surface area contributed by atoms with Crippen LogP contribution < -0.4 is 5.32 Å². The van der Waals surface area contributed by atoms with Gasteiger partial charge < -0.3 is 24.1 Å². The normalized spacial score (nSPS) is 17.6. The van der Waals surface area contributed by atoms with Crippen molar-refractivity contribution in [3.05, 3.63) is 65.5 Å². The van der Waals surface area contributed by atoms with Gasteiger partial charge in [-0.15, -0.1) is 0 Å². The Morgan fingerprint density at radius 2 is 1.97 bits per heavy atom. The van der Waals surface area contributed by atoms with Crippen molar-refractivity contribution in [1.82, 2.24) is 5.16 Å². The van der Waals surface area contributed by atoms with Crippen LogP contribution in [0, 0.1) is 5.92 Å². The molecule has 1 aliphatic carbocycles. The Morgan fingerprint density at radius 1 is 1.15 bits per heavy atom. The van der Waals surface area contributed by atoms with Gasteiger partial charge in [0.05, 0.1) is 37.9 Å². The van der Waals surface area contributed by atoms with E-state index >= 15 is 0 Å². The fourth-order valence-electron chi connectivity index (χ4n) is 4.23. The van der Waals surface area contributed by atoms with Gasteiger partial charge in [0.25, 0.3) is 0 Å². The summed E-state index contributed by atoms with van der Waals surface area (Å²) < 4.78 is 22.0. The first-order valence-electron chi connectivity index (χ1n) is 11.9. The van der Waals surface area contributed by atoms with Crippen molar-refractivity contribution in [1.29, 1.82) is 0 Å². The van der Waals surface area contributed by atoms with Gasteiger partial charge in [-0.2, -0.15) is 0 Å². The van der Waals surface area contributed by atoms with Crippen LogP contribution in [0.25, 0.3) is 17.0 Å². The van der Waals surface area contributed by atoms with Crippen molar-refractivity contribution >= 4 is 28.7 Å². The van der Waals surface area contributed by atoms with E-state index in [9.17, 15) is 4.79 Å². The molecule has 0 bridgehead atoms. The van der Waals surface area contributed by atoms with Crippen LogP contribution in [0.15, 0.2) is 53.2 Å². The molecule has 0 spiro atoms. The van der Waals surface area contributed by atoms with Gasteiger partial charge in [0.15, 0.2) is 5.58 Å². The standard InChI is InChI=1S/C27H32N2O5/c1-3-31-13-12-22-23(10-11-25-27(22)24(29-34-25)16-26(30)33-4-2)28-21-14-20(15-21)18-32-17-19-8-6-5-7-9-19/h5-13,20-21,28H,3-4,14-18H2,1-2H3/b13-12+. The summed E-state index contributed by atoms with van der Waals surface area (Å²) in [5.74, 6) is 0.218. The molecule has 0 unspecified atom stereocenters. The lowest BCUT2D eigenvalue weighted by Gasteiger charge is -2.36. The minimum atomic E-state index is -0.326. The maximum atomic E-state index is 12.1. The molecule has 1 saturated carbocycles. The summed E-state index contributed by atoms with van der Waals surface area (Å²) in [5.41, 5.74) is 4.25. The van der Waals surface area contributed by atoms with E-state index in [2.05, 4.69) is 22.6 Å². The fraction of sp³-hybridized carbons (Fsp3) is 0.407. The highest BCUT2D eigenvalue weighted by Crippen LogP contribution is 2.35. The molecule has 0 saturated heterocycles. The number of hydrogen-bond donors (Lipinski definition) is 1. The lowest BCUT2D eigenvalue weighted by Crippen LogP contribution is -2.37. The summed E-state index contributed by atoms with van der Waals surface area (Å²) in [4.78, 5) is 12.1. The SMILES string of the molecule is CCO/C=C/c1c(NC2CC(COCc3ccccc3)C2)ccc2onc(CC(=O)OCC)c12. The number of fused-ring (bicyclic) bond motifs is 1. The van der Waals surface area contributed by atoms with Gasteiger partial charge in [-0.3, -0.25) is 4.79 Å². The van der Waals surface area contributed by atoms with E-state index in [1.54, 1.807) is 13.2 Å². The highest BCUT2D eigenvalue weighted by Gasteiger charge is 2.30. The van der Waals surface area contributed by atoms with E-state index in [0.29, 0.717) is 43.1 Å². The number of rotatable bonds is 12. The minimum Gasteiger partial charge on any atom is -0.501 e. The van der Waals surface area contributed by atoms with Crippen molar-refractivity contribution < 1.29 is 23.5 Å². The van der Waals surface area contributed by atoms with Crippen molar-refractivity contribution in [3.8, 4) is 0 Å². The zero-order chi connectivity index (χ0) is 23.8. The van der Waals surface area contributed by atoms with Gasteiger partial charge in [-0.1, -0.05) is 35.5 Å². The number of esters is 1. The van der Waals surface area contributed by atoms with E-state index in [0.717, 1.165) is 36.1 Å². The molecule has 34 heavy (non-hydrogen) atoms. The Bertz CT molecular complexity index is 1100. The molecule has 7 heteroatoms. The Morgan fingerprint density at radius 3 is 2.74 bits per heavy atom. The molecule has 2 aromatic carbocycles. The number of hydrogen-bond acceptors (Lipinski definition) is 7. The number of aromatic nitrogens is 1. The molecule has 0 amide bonds. The molecular weight excluding hydrogens is 432 g/mol. The third-order valence-electron chi connectivity index (χ3n) is 5.93. The first-order chi connectivity index (χ1) is 16.7. The number of nitrogens with one attached hydrogen (secondary N) is 1. The smallest absolute Gasteiger partial charge is 0.312 e. The molecule has 7 nitrogen and oxygen atoms in total. The molecule has 1 N–H and O–H groups in total. The first-order valence-corrected chi connectivity index (χ1v) is 11.9. The van der Waals surface area contributed by atoms with Gasteiger partial charge in [-0.05, 0) is 56.4 Å². The largest absolute Gasteiger partial charge is 0.501 e. The monoisotopic (exact) mass is 464 g/mol. The van der Waals surface area contributed by atoms with Gasteiger partial charge in [-0.25, -0.2) is 0 Å². The highest BCUT2D eigenvalue weighted by atomic mass is 16.5. The van der Waals surface area contributed by atoms with E-state index < -0.39 is 0 Å². The molecule has 0 atom stereocenters. The molecule has 0 aliphatic heterocycles. The molecule has 4 rings (SSSR count). The number of anilines is 1. The number of ether oxygens (including phenoxy) is 3. The Labute approximate surface area is 200 Å². The molecular formula is C27H32N2O5. The first kappa shape index (κ1) is 23.8. The summed E-state index contributed by atoms with van der Waals surface area (Å²) in [6.45, 7) is 6.03. The van der Waals surface area contributed by atoms with E-state index in [4.69, 9.17) is 18.7 Å². The predicted molar refractivity (Wildman–Crippen MR) is 131 cm³/mol. The quantitative estimate of drug-likeness (QED) is 0.286. The third kappa shape index (κ3) is 5.97. The van der Waals surface area contributed by atoms with E-state index in [-0.39, 0.29) is 12.4 Å². The molecule has 1 aromatic heterocycles. The second-order valence-electron chi connectivity index (χ2n) is 8.45. The fourth-order valence-corrected chi connectivity index (χ4v) is 4.23. The molecule has 180 valence electrons. The lowest BCUT2D eigenvalue weighted by molar-refractivity contribution is -0.142. The topological polar surface area (TPSA) is 82.8 Å². The van der Waals surface area contributed by atoms with Gasteiger partial charge >= 0.3 is 5.97 Å². The molecule has 1 heterocycles. The Hall–Kier alpha value is -3.32. The predicted octanol–water partition coefficient (Wildman–Crippen LogP) is 5.35. The number of benzene rings is 2. The zero-order valence-electron chi connectivity index (χ0n) is 19.8. The number of nitrogens with zero attached hydrogens (tertiary/aromatic N) is 1. The molecule has 1 aliphatic rings. The van der Waals surface area contributed by atoms with Crippen LogP contribution in [-0.2, 0) is 32.0 Å². The summed E-state index contributed by atoms with van der Waals surface area (Å²) in [6, 6.07) is 14.5. The third-order valence-corrected chi connectivity index (χ3v) is 5.93. The summed E-state index contributed by atoms with van der Waals surface area (Å²) >= 11 is 0. The maximum Gasteiger partial charge on any atom is 0.312 e. The van der Waals surface area contributed by atoms with E-state index in [1.165, 1.54) is 5.56 Å². The van der Waals surface area contributed by atoms with Crippen molar-refractivity contribution in [3.63, 3.8) is 0 Å². The van der Waals surface area contributed by atoms with Crippen LogP contribution in [0.2, 0.25) is 0 Å². The molecule has 3 aromatic rings. The van der Waals surface area contributed by atoms with Gasteiger partial charge in [0.1, 0.15) is 5.69 Å². The Balaban J connectivity index is 1.42. The number of carbonyl (C=O) groups is 1. The van der Waals surface area contributed by atoms with Crippen LogP contribution in [0.5, 0.6) is 0 Å². The van der Waals surface area contributed by atoms with Gasteiger partial charge in [0.2, 0.25) is 0 Å². The van der Waals surface area contributed by atoms with Crippen molar-refractivity contribution in [2.75, 3.05) is 25.1 Å². The number of carbonyl (C=O) groups excluding carboxylic acids is 1. The summed E-state index contributed by atoms with van der Waals surface area (Å²) in [6.07, 6.45) is 5.72. The zero-order valence-corrected chi connectivity index (χ0v) is 19.8. The average Bonchev–Trinajstić information content (AvgIpc) is 3.22. The van der Waals surface area contributed by atoms with Crippen LogP contribution in [0.4, 0.5) is 5.69 Å². The molecule has 1 fully saturated rings. The summed E-state index contributed by atoms with van der Waals surface area (Å²) in [7, 11) is 0. The molecule has 0 radical (unpaired) electrons. The maximum absolute atomic E-state index is 12.1. The van der Waals surface area contributed by atoms with Crippen LogP contribution in [0.3, 0.4) is 0 Å². The second-order valence-corrected chi connectivity index (χ2v) is 8.45. The minimum absolute atomic E-state index is 0.0595. The van der Waals surface area contributed by atoms with E-state index in [1.807, 2.05) is 43.3 Å². The van der Waals surface area contributed by atoms with Crippen molar-refractivity contribution in [2.24, 2.45) is 5.92 Å². The van der Waals surface area contributed by atoms with Crippen LogP contribution >= 0.6 is 0 Å². The van der Waals surface area contributed by atoms with Crippen LogP contribution in [0.1, 0.15) is 43.5 Å². The lowest BCUT2D eigenvalue weighted by atomic mass is 9.80. The highest BCUT2D eigenvalue weighted by molar-refractivity contribution is 5.96. The van der Waals surface area contributed by atoms with Crippen molar-refractivity contribution in [2.45, 2.75) is 45.8 Å². The van der Waals surface area contributed by atoms with Gasteiger partial charge in [0, 0.05) is 23.9 Å². The Kier molecular flexibility index (Phi) is 8.20. The van der Waals surface area contributed by atoms with Crippen LogP contribution in [-0.4, -0.2) is 37.0 Å². The summed E-state index contributed by atoms with van der Waals surface area (Å²) in [5, 5.41) is 8.59. The second kappa shape index (κ2) is 11.7.